The zero-order valence-electron chi connectivity index (χ0n) is 11.3. The number of fused-ring (bicyclic) bond motifs is 3. The Morgan fingerprint density at radius 1 is 1.15 bits per heavy atom. The Kier molecular flexibility index (Phi) is 2.86. The number of thiophene rings is 2. The molecule has 0 fully saturated rings. The maximum absolute atomic E-state index is 12.5. The van der Waals surface area contributed by atoms with Crippen molar-refractivity contribution in [2.45, 2.75) is 38.8 Å². The van der Waals surface area contributed by atoms with Crippen LogP contribution in [0.2, 0.25) is 0 Å². The first kappa shape index (κ1) is 12.4. The third-order valence-electron chi connectivity index (χ3n) is 3.99. The second kappa shape index (κ2) is 4.60. The van der Waals surface area contributed by atoms with Crippen molar-refractivity contribution in [3.05, 3.63) is 37.9 Å². The smallest absolute Gasteiger partial charge is 0.256 e. The Hall–Kier alpha value is -1.33. The van der Waals surface area contributed by atoms with Crippen LogP contribution in [-0.4, -0.2) is 5.91 Å². The van der Waals surface area contributed by atoms with Gasteiger partial charge in [-0.25, -0.2) is 0 Å². The van der Waals surface area contributed by atoms with Gasteiger partial charge in [-0.1, -0.05) is 0 Å². The summed E-state index contributed by atoms with van der Waals surface area (Å²) in [6, 6.07) is 4.19. The zero-order chi connectivity index (χ0) is 13.7. The van der Waals surface area contributed by atoms with Crippen LogP contribution >= 0.6 is 22.7 Å². The number of rotatable bonds is 1. The highest BCUT2D eigenvalue weighted by Gasteiger charge is 2.32. The minimum atomic E-state index is -0.0752. The molecule has 0 saturated heterocycles. The van der Waals surface area contributed by atoms with Crippen molar-refractivity contribution >= 4 is 33.6 Å². The molecule has 0 aromatic carbocycles. The normalized spacial score (nSPS) is 20.9. The van der Waals surface area contributed by atoms with Crippen LogP contribution in [0.4, 0.5) is 5.00 Å². The van der Waals surface area contributed by atoms with E-state index in [1.807, 2.05) is 0 Å². The predicted octanol–water partition coefficient (Wildman–Crippen LogP) is 3.85. The molecular weight excluding hydrogens is 288 g/mol. The zero-order valence-corrected chi connectivity index (χ0v) is 12.9. The van der Waals surface area contributed by atoms with E-state index in [2.05, 4.69) is 29.7 Å². The summed E-state index contributed by atoms with van der Waals surface area (Å²) < 4.78 is 0. The molecule has 5 heteroatoms. The molecule has 0 saturated carbocycles. The van der Waals surface area contributed by atoms with Crippen molar-refractivity contribution in [1.29, 1.82) is 0 Å². The Morgan fingerprint density at radius 2 is 2.00 bits per heavy atom. The van der Waals surface area contributed by atoms with Gasteiger partial charge in [0.2, 0.25) is 0 Å². The molecule has 1 amide bonds. The van der Waals surface area contributed by atoms with Gasteiger partial charge in [0.1, 0.15) is 11.2 Å². The standard InChI is InChI=1S/C15H16N2OS2/c1-8-6-7-11(19-8)13-16-14(18)12-9-4-2-3-5-10(9)20-15(12)17-13/h6-7,13,17H,2-5H2,1H3,(H,16,18). The Bertz CT molecular complexity index is 686. The summed E-state index contributed by atoms with van der Waals surface area (Å²) in [5.74, 6) is 0.0919. The maximum Gasteiger partial charge on any atom is 0.256 e. The van der Waals surface area contributed by atoms with Gasteiger partial charge in [0.05, 0.1) is 5.56 Å². The van der Waals surface area contributed by atoms with E-state index < -0.39 is 0 Å². The average Bonchev–Trinajstić information content (AvgIpc) is 3.01. The molecule has 2 aromatic rings. The largest absolute Gasteiger partial charge is 0.352 e. The number of amides is 1. The third kappa shape index (κ3) is 1.88. The van der Waals surface area contributed by atoms with Crippen LogP contribution in [0.1, 0.15) is 49.6 Å². The van der Waals surface area contributed by atoms with Crippen LogP contribution < -0.4 is 10.6 Å². The fourth-order valence-corrected chi connectivity index (χ4v) is 5.22. The van der Waals surface area contributed by atoms with E-state index >= 15 is 0 Å². The van der Waals surface area contributed by atoms with E-state index in [-0.39, 0.29) is 12.1 Å². The van der Waals surface area contributed by atoms with Gasteiger partial charge in [-0.15, -0.1) is 22.7 Å². The molecule has 104 valence electrons. The summed E-state index contributed by atoms with van der Waals surface area (Å²) in [5.41, 5.74) is 2.20. The fourth-order valence-electron chi connectivity index (χ4n) is 3.03. The minimum absolute atomic E-state index is 0.0752. The number of nitrogens with one attached hydrogen (secondary N) is 2. The second-order valence-electron chi connectivity index (χ2n) is 5.41. The summed E-state index contributed by atoms with van der Waals surface area (Å²) in [7, 11) is 0. The number of hydrogen-bond donors (Lipinski definition) is 2. The predicted molar refractivity (Wildman–Crippen MR) is 83.8 cm³/mol. The van der Waals surface area contributed by atoms with E-state index in [9.17, 15) is 4.79 Å². The monoisotopic (exact) mass is 304 g/mol. The topological polar surface area (TPSA) is 41.1 Å². The lowest BCUT2D eigenvalue weighted by atomic mass is 9.94. The van der Waals surface area contributed by atoms with Crippen molar-refractivity contribution in [1.82, 2.24) is 5.32 Å². The third-order valence-corrected chi connectivity index (χ3v) is 6.28. The van der Waals surface area contributed by atoms with Crippen LogP contribution in [0.3, 0.4) is 0 Å². The van der Waals surface area contributed by atoms with E-state index in [0.29, 0.717) is 0 Å². The number of anilines is 1. The fraction of sp³-hybridized carbons (Fsp3) is 0.400. The van der Waals surface area contributed by atoms with Crippen LogP contribution in [0.25, 0.3) is 0 Å². The van der Waals surface area contributed by atoms with Gasteiger partial charge in [-0.2, -0.15) is 0 Å². The lowest BCUT2D eigenvalue weighted by Crippen LogP contribution is -2.37. The molecule has 1 unspecified atom stereocenters. The maximum atomic E-state index is 12.5. The van der Waals surface area contributed by atoms with Crippen LogP contribution in [-0.2, 0) is 12.8 Å². The highest BCUT2D eigenvalue weighted by atomic mass is 32.1. The first-order valence-corrected chi connectivity index (χ1v) is 8.64. The molecule has 0 spiro atoms. The molecule has 1 aliphatic carbocycles. The molecule has 0 bridgehead atoms. The van der Waals surface area contributed by atoms with Gasteiger partial charge in [0.25, 0.3) is 5.91 Å². The molecule has 2 aromatic heterocycles. The molecular formula is C15H16N2OS2. The van der Waals surface area contributed by atoms with Crippen LogP contribution in [0, 0.1) is 6.92 Å². The van der Waals surface area contributed by atoms with Crippen molar-refractivity contribution in [3.8, 4) is 0 Å². The van der Waals surface area contributed by atoms with Crippen LogP contribution in [0.5, 0.6) is 0 Å². The van der Waals surface area contributed by atoms with Gasteiger partial charge in [-0.05, 0) is 50.3 Å². The van der Waals surface area contributed by atoms with Crippen molar-refractivity contribution in [2.24, 2.45) is 0 Å². The quantitative estimate of drug-likeness (QED) is 0.840. The van der Waals surface area contributed by atoms with Gasteiger partial charge in [-0.3, -0.25) is 4.79 Å². The number of carbonyl (C=O) groups is 1. The average molecular weight is 304 g/mol. The van der Waals surface area contributed by atoms with E-state index in [4.69, 9.17) is 0 Å². The highest BCUT2D eigenvalue weighted by Crippen LogP contribution is 2.41. The summed E-state index contributed by atoms with van der Waals surface area (Å²) in [5, 5.41) is 7.68. The molecule has 4 rings (SSSR count). The molecule has 3 nitrogen and oxygen atoms in total. The first-order chi connectivity index (χ1) is 9.72. The van der Waals surface area contributed by atoms with Crippen molar-refractivity contribution in [2.75, 3.05) is 5.32 Å². The second-order valence-corrected chi connectivity index (χ2v) is 7.84. The molecule has 1 aliphatic heterocycles. The summed E-state index contributed by atoms with van der Waals surface area (Å²) in [6.07, 6.45) is 4.57. The molecule has 1 atom stereocenters. The summed E-state index contributed by atoms with van der Waals surface area (Å²) >= 11 is 3.51. The molecule has 0 radical (unpaired) electrons. The van der Waals surface area contributed by atoms with Crippen molar-refractivity contribution < 1.29 is 4.79 Å². The molecule has 20 heavy (non-hydrogen) atoms. The summed E-state index contributed by atoms with van der Waals surface area (Å²) in [4.78, 5) is 16.3. The minimum Gasteiger partial charge on any atom is -0.352 e. The van der Waals surface area contributed by atoms with Crippen LogP contribution in [0.15, 0.2) is 12.1 Å². The van der Waals surface area contributed by atoms with Gasteiger partial charge < -0.3 is 10.6 Å². The number of carbonyl (C=O) groups excluding carboxylic acids is 1. The van der Waals surface area contributed by atoms with E-state index in [0.717, 1.165) is 23.4 Å². The van der Waals surface area contributed by atoms with Gasteiger partial charge in [0, 0.05) is 14.6 Å². The number of hydrogen-bond acceptors (Lipinski definition) is 4. The SMILES string of the molecule is Cc1ccc(C2NC(=O)c3c(sc4c3CCCC4)N2)s1. The summed E-state index contributed by atoms with van der Waals surface area (Å²) in [6.45, 7) is 2.09. The van der Waals surface area contributed by atoms with Gasteiger partial charge in [0.15, 0.2) is 0 Å². The Balaban J connectivity index is 1.72. The highest BCUT2D eigenvalue weighted by molar-refractivity contribution is 7.17. The number of aryl methyl sites for hydroxylation is 2. The Labute approximate surface area is 126 Å². The first-order valence-electron chi connectivity index (χ1n) is 7.00. The van der Waals surface area contributed by atoms with E-state index in [1.54, 1.807) is 22.7 Å². The molecule has 2 aliphatic rings. The van der Waals surface area contributed by atoms with Gasteiger partial charge >= 0.3 is 0 Å². The molecule has 2 N–H and O–H groups in total. The lowest BCUT2D eigenvalue weighted by Gasteiger charge is -2.25. The molecule has 3 heterocycles. The Morgan fingerprint density at radius 3 is 2.80 bits per heavy atom. The van der Waals surface area contributed by atoms with Crippen molar-refractivity contribution in [3.63, 3.8) is 0 Å². The van der Waals surface area contributed by atoms with E-state index in [1.165, 1.54) is 33.0 Å². The lowest BCUT2D eigenvalue weighted by molar-refractivity contribution is 0.0936.